The van der Waals surface area contributed by atoms with Gasteiger partial charge in [0.25, 0.3) is 0 Å². The van der Waals surface area contributed by atoms with E-state index in [-0.39, 0.29) is 27.7 Å². The van der Waals surface area contributed by atoms with Crippen LogP contribution in [-0.2, 0) is 0 Å². The fourth-order valence-electron chi connectivity index (χ4n) is 37.3. The van der Waals surface area contributed by atoms with Crippen molar-refractivity contribution in [1.82, 2.24) is 9.13 Å². The summed E-state index contributed by atoms with van der Waals surface area (Å²) < 4.78 is 17.4. The molecule has 0 aliphatic heterocycles. The van der Waals surface area contributed by atoms with Crippen LogP contribution in [-0.4, -0.2) is 82.9 Å². The third-order valence-electron chi connectivity index (χ3n) is 38.5. The number of rotatable bonds is 14. The number of benzene rings is 2. The summed E-state index contributed by atoms with van der Waals surface area (Å²) in [5.74, 6) is 26.0. The van der Waals surface area contributed by atoms with Gasteiger partial charge in [0.2, 0.25) is 0 Å². The molecule has 2 aromatic rings. The standard InChI is InChI=1S/C29H49NSi.C28H47NOSi.C27H53NSi.C26H51NSi/c1-19-13-12-14-20(2)27(19)30(29(5,6)7)31(8,9)28-22(4)21(3)25-17-23-15-10-11-16-24(23)18-26(25)28;1-19-20(2)27(26-18-22-12-10-9-11-21(22)17-25(19)26)31(7,8)29(28(3,4)5)23-13-15-24(30-6)16-14-23;1-18(2)24-19(3)25(29(10,11)28(26(4,5)6)27(7,8)9)23-17-21-15-13-12-14-20(21)16-22(23)24;1-17(2)24-19(5)25(28(9,10)27(18(3)4)26(6,7)8)23-16-21-14-12-11-13-20(21)15-22(23)24/h12-14,21-26,28H,10-11,15-18H2,1-9H3;13-16,19-22,25-27H,9-12,17-18H2,1-8H3;18-25H,12-17H2,1-11H3;17-25H,11-16H2,1-10H3. The minimum absolute atomic E-state index is 0.118. The van der Waals surface area contributed by atoms with Crippen molar-refractivity contribution in [2.75, 3.05) is 16.2 Å². The van der Waals surface area contributed by atoms with Gasteiger partial charge >= 0.3 is 0 Å². The minimum atomic E-state index is -1.78. The Bertz CT molecular complexity index is 3520. The van der Waals surface area contributed by atoms with Crippen molar-refractivity contribution in [2.45, 2.75) is 463 Å². The Labute approximate surface area is 745 Å². The molecule has 2 aromatic carbocycles. The number of nitrogens with zero attached hydrogens (tertiary/aromatic N) is 4. The van der Waals surface area contributed by atoms with Crippen molar-refractivity contribution in [3.05, 3.63) is 53.6 Å². The SMILES string of the molecule is CC(C)C1C(C)C([Si](C)(C)N(C(C)(C)C)C(C)(C)C)C2CC3CCCCC3CC21.CC(C)C1C(C)C([Si](C)(C)N(C(C)C)C(C)(C)C)C2CC3CCCCC3CC21.COc1ccc(N(C(C)(C)C)[Si](C)(C)C2C(C)C(C)C3CC4CCCCC4CC32)cc1.Cc1cccc(C)c1N(C(C)(C)C)[Si](C)(C)C1C(C)C(C)C2CC3CCCCC3CC21. The average Bonchev–Trinajstić information content (AvgIpc) is 1.61. The second-order valence-corrected chi connectivity index (χ2v) is 70.9. The molecule has 12 aliphatic carbocycles. The second-order valence-electron chi connectivity index (χ2n) is 53.2. The summed E-state index contributed by atoms with van der Waals surface area (Å²) in [6.45, 7) is 94.3. The Balaban J connectivity index is 0.000000156. The molecule has 0 aromatic heterocycles. The maximum atomic E-state index is 5.46. The Morgan fingerprint density at radius 2 is 0.597 bits per heavy atom. The van der Waals surface area contributed by atoms with Crippen LogP contribution in [0.25, 0.3) is 0 Å². The van der Waals surface area contributed by atoms with E-state index in [2.05, 4.69) is 314 Å². The minimum Gasteiger partial charge on any atom is -0.497 e. The van der Waals surface area contributed by atoms with Crippen molar-refractivity contribution < 1.29 is 4.74 Å². The normalized spacial score (nSPS) is 37.6. The lowest BCUT2D eigenvalue weighted by atomic mass is 9.62. The number of hydrogen-bond acceptors (Lipinski definition) is 5. The Kier molecular flexibility index (Phi) is 30.7. The molecule has 0 saturated heterocycles. The number of para-hydroxylation sites is 1. The maximum absolute atomic E-state index is 5.46. The summed E-state index contributed by atoms with van der Waals surface area (Å²) in [5.41, 5.74) is 10.5. The van der Waals surface area contributed by atoms with Crippen molar-refractivity contribution in [1.29, 1.82) is 0 Å². The van der Waals surface area contributed by atoms with E-state index in [1.807, 2.05) is 0 Å². The summed E-state index contributed by atoms with van der Waals surface area (Å²) in [5, 5.41) is 0. The summed E-state index contributed by atoms with van der Waals surface area (Å²) >= 11 is 0. The van der Waals surface area contributed by atoms with Crippen LogP contribution in [0.2, 0.25) is 74.5 Å². The number of anilines is 2. The van der Waals surface area contributed by atoms with E-state index in [4.69, 9.17) is 4.74 Å². The smallest absolute Gasteiger partial charge is 0.154 e. The molecule has 28 unspecified atom stereocenters. The van der Waals surface area contributed by atoms with Gasteiger partial charge < -0.3 is 23.0 Å². The Morgan fingerprint density at radius 3 is 0.874 bits per heavy atom. The van der Waals surface area contributed by atoms with Gasteiger partial charge in [-0.1, -0.05) is 256 Å². The number of fused-ring (bicyclic) bond motifs is 8. The van der Waals surface area contributed by atoms with Crippen LogP contribution < -0.4 is 13.9 Å². The summed E-state index contributed by atoms with van der Waals surface area (Å²) in [7, 11) is -5.03. The lowest BCUT2D eigenvalue weighted by Crippen LogP contribution is -2.67. The largest absolute Gasteiger partial charge is 0.497 e. The first-order valence-corrected chi connectivity index (χ1v) is 64.0. The lowest BCUT2D eigenvalue weighted by Gasteiger charge is -2.58. The van der Waals surface area contributed by atoms with Crippen molar-refractivity contribution in [2.24, 2.45) is 154 Å². The second kappa shape index (κ2) is 37.2. The van der Waals surface area contributed by atoms with Crippen molar-refractivity contribution >= 4 is 44.3 Å². The molecule has 682 valence electrons. The van der Waals surface area contributed by atoms with E-state index in [0.717, 1.165) is 182 Å². The topological polar surface area (TPSA) is 22.2 Å². The molecule has 0 bridgehead atoms. The average molecular weight is 1710 g/mol. The number of aryl methyl sites for hydroxylation is 2. The summed E-state index contributed by atoms with van der Waals surface area (Å²) in [6.07, 6.45) is 36.6. The van der Waals surface area contributed by atoms with Gasteiger partial charge in [-0.05, 0) is 387 Å². The van der Waals surface area contributed by atoms with Crippen LogP contribution in [0.5, 0.6) is 5.75 Å². The number of methoxy groups -OCH3 is 1. The zero-order valence-corrected chi connectivity index (χ0v) is 90.1. The van der Waals surface area contributed by atoms with Gasteiger partial charge in [-0.2, -0.15) is 0 Å². The molecule has 119 heavy (non-hydrogen) atoms. The number of hydrogen-bond donors (Lipinski definition) is 0. The number of ether oxygens (including phenoxy) is 1. The van der Waals surface area contributed by atoms with E-state index in [1.165, 1.54) is 132 Å². The van der Waals surface area contributed by atoms with Crippen LogP contribution >= 0.6 is 0 Å². The van der Waals surface area contributed by atoms with Gasteiger partial charge in [0.1, 0.15) is 22.2 Å². The van der Waals surface area contributed by atoms with E-state index in [0.29, 0.717) is 6.04 Å². The van der Waals surface area contributed by atoms with Crippen LogP contribution in [0.3, 0.4) is 0 Å². The first-order valence-electron chi connectivity index (χ1n) is 51.9. The quantitative estimate of drug-likeness (QED) is 0.175. The molecular weight excluding hydrogens is 1510 g/mol. The predicted molar refractivity (Wildman–Crippen MR) is 535 cm³/mol. The van der Waals surface area contributed by atoms with Gasteiger partial charge in [-0.15, -0.1) is 0 Å². The zero-order chi connectivity index (χ0) is 88.2. The highest BCUT2D eigenvalue weighted by Gasteiger charge is 2.65. The molecule has 28 atom stereocenters. The first kappa shape index (κ1) is 98.2. The zero-order valence-electron chi connectivity index (χ0n) is 86.1. The highest BCUT2D eigenvalue weighted by Crippen LogP contribution is 2.70. The molecule has 12 saturated carbocycles. The van der Waals surface area contributed by atoms with Crippen LogP contribution in [0, 0.1) is 168 Å². The third-order valence-corrected chi connectivity index (χ3v) is 57.9. The van der Waals surface area contributed by atoms with Gasteiger partial charge in [0.05, 0.1) is 7.11 Å². The molecule has 0 N–H and O–H groups in total. The van der Waals surface area contributed by atoms with Crippen molar-refractivity contribution in [3.8, 4) is 5.75 Å². The van der Waals surface area contributed by atoms with E-state index in [1.54, 1.807) is 51.3 Å². The molecular formula is C110H200N4OSi4. The lowest BCUT2D eigenvalue weighted by molar-refractivity contribution is 0.0622. The summed E-state index contributed by atoms with van der Waals surface area (Å²) in [4.78, 5) is 0. The van der Waals surface area contributed by atoms with Crippen LogP contribution in [0.4, 0.5) is 11.4 Å². The fraction of sp³-hybridized carbons (Fsp3) is 0.891. The molecule has 14 rings (SSSR count). The van der Waals surface area contributed by atoms with Crippen LogP contribution in [0.1, 0.15) is 352 Å². The molecule has 9 heteroatoms. The van der Waals surface area contributed by atoms with Crippen molar-refractivity contribution in [3.63, 3.8) is 0 Å². The highest BCUT2D eigenvalue weighted by atomic mass is 28.3. The van der Waals surface area contributed by atoms with Gasteiger partial charge in [-0.25, -0.2) is 0 Å². The van der Waals surface area contributed by atoms with Gasteiger partial charge in [0.15, 0.2) is 16.5 Å². The summed E-state index contributed by atoms with van der Waals surface area (Å²) in [6, 6.07) is 16.5. The molecule has 12 fully saturated rings. The Hall–Kier alpha value is -1.37. The van der Waals surface area contributed by atoms with E-state index in [9.17, 15) is 0 Å². The highest BCUT2D eigenvalue weighted by molar-refractivity contribution is 6.83. The van der Waals surface area contributed by atoms with Gasteiger partial charge in [0, 0.05) is 39.1 Å². The molecule has 12 aliphatic rings. The van der Waals surface area contributed by atoms with Crippen LogP contribution in [0.15, 0.2) is 42.5 Å². The molecule has 0 spiro atoms. The maximum Gasteiger partial charge on any atom is 0.154 e. The molecule has 5 nitrogen and oxygen atoms in total. The molecule has 0 amide bonds. The van der Waals surface area contributed by atoms with E-state index >= 15 is 0 Å². The predicted octanol–water partition coefficient (Wildman–Crippen LogP) is 32.6. The first-order chi connectivity index (χ1) is 55.0. The van der Waals surface area contributed by atoms with E-state index < -0.39 is 32.9 Å². The Morgan fingerprint density at radius 1 is 0.319 bits per heavy atom. The van der Waals surface area contributed by atoms with Gasteiger partial charge in [-0.3, -0.25) is 0 Å². The third kappa shape index (κ3) is 19.7. The monoisotopic (exact) mass is 1710 g/mol. The fourth-order valence-corrected chi connectivity index (χ4v) is 62.2. The molecule has 0 radical (unpaired) electrons. The molecule has 0 heterocycles.